The van der Waals surface area contributed by atoms with Gasteiger partial charge in [0.15, 0.2) is 0 Å². The fourth-order valence-corrected chi connectivity index (χ4v) is 1.29. The van der Waals surface area contributed by atoms with Gasteiger partial charge < -0.3 is 10.1 Å². The average Bonchev–Trinajstić information content (AvgIpc) is 2.34. The van der Waals surface area contributed by atoms with E-state index in [-0.39, 0.29) is 12.4 Å². The van der Waals surface area contributed by atoms with E-state index in [0.717, 1.165) is 0 Å². The van der Waals surface area contributed by atoms with Gasteiger partial charge >= 0.3 is 18.2 Å². The number of pyridine rings is 1. The van der Waals surface area contributed by atoms with Gasteiger partial charge in [-0.05, 0) is 32.4 Å². The van der Waals surface area contributed by atoms with Crippen LogP contribution >= 0.6 is 0 Å². The number of amides is 2. The Kier molecular flexibility index (Phi) is 5.34. The van der Waals surface area contributed by atoms with Crippen LogP contribution in [0.15, 0.2) is 18.3 Å². The van der Waals surface area contributed by atoms with Crippen molar-refractivity contribution in [3.8, 4) is 0 Å². The van der Waals surface area contributed by atoms with Crippen molar-refractivity contribution in [2.24, 2.45) is 0 Å². The summed E-state index contributed by atoms with van der Waals surface area (Å²) in [5.41, 5.74) is -0.307. The zero-order valence-corrected chi connectivity index (χ0v) is 12.2. The quantitative estimate of drug-likeness (QED) is 0.897. The van der Waals surface area contributed by atoms with Crippen LogP contribution in [0.2, 0.25) is 0 Å². The third kappa shape index (κ3) is 6.42. The molecule has 0 aromatic carbocycles. The zero-order valence-electron chi connectivity index (χ0n) is 12.2. The van der Waals surface area contributed by atoms with Crippen LogP contribution in [0.4, 0.5) is 23.8 Å². The highest BCUT2D eigenvalue weighted by Gasteiger charge is 2.38. The summed E-state index contributed by atoms with van der Waals surface area (Å²) in [4.78, 5) is 26.0. The van der Waals surface area contributed by atoms with Crippen molar-refractivity contribution < 1.29 is 27.5 Å². The standard InChI is InChI=1S/C13H16F3N3O3/c1-12(2,3)22-11(21)19-9-5-4-8(6-17-9)7-18-10(20)13(14,15)16/h4-6H,7H2,1-3H3,(H,18,20)(H,17,19,21). The number of nitrogens with zero attached hydrogens (tertiary/aromatic N) is 1. The maximum Gasteiger partial charge on any atom is 0.471 e. The molecule has 0 saturated carbocycles. The second-order valence-corrected chi connectivity index (χ2v) is 5.36. The smallest absolute Gasteiger partial charge is 0.444 e. The van der Waals surface area contributed by atoms with Crippen molar-refractivity contribution >= 4 is 17.8 Å². The van der Waals surface area contributed by atoms with E-state index >= 15 is 0 Å². The Hall–Kier alpha value is -2.32. The molecule has 0 saturated heterocycles. The first-order valence-corrected chi connectivity index (χ1v) is 6.27. The molecule has 0 aliphatic rings. The van der Waals surface area contributed by atoms with E-state index in [9.17, 15) is 22.8 Å². The fraction of sp³-hybridized carbons (Fsp3) is 0.462. The molecule has 0 aliphatic carbocycles. The summed E-state index contributed by atoms with van der Waals surface area (Å²) < 4.78 is 41.0. The second-order valence-electron chi connectivity index (χ2n) is 5.36. The molecule has 0 bridgehead atoms. The SMILES string of the molecule is CC(C)(C)OC(=O)Nc1ccc(CNC(=O)C(F)(F)F)cn1. The highest BCUT2D eigenvalue weighted by atomic mass is 19.4. The van der Waals surface area contributed by atoms with Gasteiger partial charge in [-0.1, -0.05) is 6.07 Å². The first kappa shape index (κ1) is 17.7. The van der Waals surface area contributed by atoms with Gasteiger partial charge in [-0.25, -0.2) is 9.78 Å². The number of carbonyl (C=O) groups is 2. The van der Waals surface area contributed by atoms with Crippen molar-refractivity contribution in [1.82, 2.24) is 10.3 Å². The van der Waals surface area contributed by atoms with Gasteiger partial charge in [0.05, 0.1) is 0 Å². The predicted molar refractivity (Wildman–Crippen MR) is 72.0 cm³/mol. The Balaban J connectivity index is 2.53. The van der Waals surface area contributed by atoms with Crippen LogP contribution < -0.4 is 10.6 Å². The molecule has 0 unspecified atom stereocenters. The molecule has 0 aliphatic heterocycles. The lowest BCUT2D eigenvalue weighted by atomic mass is 10.2. The highest BCUT2D eigenvalue weighted by molar-refractivity contribution is 5.83. The Morgan fingerprint density at radius 3 is 2.32 bits per heavy atom. The van der Waals surface area contributed by atoms with Crippen LogP contribution in [-0.2, 0) is 16.1 Å². The van der Waals surface area contributed by atoms with E-state index in [0.29, 0.717) is 5.56 Å². The fourth-order valence-electron chi connectivity index (χ4n) is 1.29. The number of carbonyl (C=O) groups excluding carboxylic acids is 2. The molecule has 22 heavy (non-hydrogen) atoms. The lowest BCUT2D eigenvalue weighted by Gasteiger charge is -2.19. The number of hydrogen-bond acceptors (Lipinski definition) is 4. The van der Waals surface area contributed by atoms with E-state index in [4.69, 9.17) is 4.74 Å². The van der Waals surface area contributed by atoms with E-state index in [1.807, 2.05) is 0 Å². The van der Waals surface area contributed by atoms with E-state index in [1.165, 1.54) is 18.3 Å². The van der Waals surface area contributed by atoms with Gasteiger partial charge in [0.25, 0.3) is 0 Å². The summed E-state index contributed by atoms with van der Waals surface area (Å²) in [7, 11) is 0. The van der Waals surface area contributed by atoms with Gasteiger partial charge in [0.2, 0.25) is 0 Å². The first-order valence-electron chi connectivity index (χ1n) is 6.27. The lowest BCUT2D eigenvalue weighted by molar-refractivity contribution is -0.173. The summed E-state index contributed by atoms with van der Waals surface area (Å²) >= 11 is 0. The minimum Gasteiger partial charge on any atom is -0.444 e. The molecule has 0 fully saturated rings. The monoisotopic (exact) mass is 319 g/mol. The van der Waals surface area contributed by atoms with Crippen molar-refractivity contribution in [2.45, 2.75) is 39.1 Å². The first-order chi connectivity index (χ1) is 9.97. The number of nitrogens with one attached hydrogen (secondary N) is 2. The molecule has 0 atom stereocenters. The summed E-state index contributed by atoms with van der Waals surface area (Å²) in [6.07, 6.45) is -4.38. The number of hydrogen-bond donors (Lipinski definition) is 2. The van der Waals surface area contributed by atoms with Gasteiger partial charge in [-0.15, -0.1) is 0 Å². The topological polar surface area (TPSA) is 80.3 Å². The van der Waals surface area contributed by atoms with Crippen LogP contribution in [0.3, 0.4) is 0 Å². The number of rotatable bonds is 3. The largest absolute Gasteiger partial charge is 0.471 e. The van der Waals surface area contributed by atoms with Crippen LogP contribution in [-0.4, -0.2) is 28.8 Å². The summed E-state index contributed by atoms with van der Waals surface area (Å²) in [5.74, 6) is -1.84. The molecule has 122 valence electrons. The van der Waals surface area contributed by atoms with Crippen LogP contribution in [0.25, 0.3) is 0 Å². The number of aromatic nitrogens is 1. The van der Waals surface area contributed by atoms with Crippen molar-refractivity contribution in [1.29, 1.82) is 0 Å². The minimum absolute atomic E-state index is 0.181. The molecule has 1 aromatic rings. The third-order valence-corrected chi connectivity index (χ3v) is 2.16. The number of halogens is 3. The van der Waals surface area contributed by atoms with Gasteiger partial charge in [0, 0.05) is 12.7 Å². The van der Waals surface area contributed by atoms with Crippen LogP contribution in [0, 0.1) is 0 Å². The van der Waals surface area contributed by atoms with E-state index in [2.05, 4.69) is 10.3 Å². The highest BCUT2D eigenvalue weighted by Crippen LogP contribution is 2.15. The summed E-state index contributed by atoms with van der Waals surface area (Å²) in [5, 5.41) is 4.09. The van der Waals surface area contributed by atoms with Crippen molar-refractivity contribution in [3.63, 3.8) is 0 Å². The summed E-state index contributed by atoms with van der Waals surface area (Å²) in [6.45, 7) is 4.78. The molecular formula is C13H16F3N3O3. The minimum atomic E-state index is -4.92. The summed E-state index contributed by atoms with van der Waals surface area (Å²) in [6, 6.07) is 2.81. The molecule has 9 heteroatoms. The Morgan fingerprint density at radius 2 is 1.86 bits per heavy atom. The van der Waals surface area contributed by atoms with E-state index in [1.54, 1.807) is 26.1 Å². The molecule has 1 rings (SSSR count). The molecule has 2 N–H and O–H groups in total. The van der Waals surface area contributed by atoms with E-state index < -0.39 is 23.8 Å². The number of anilines is 1. The average molecular weight is 319 g/mol. The molecule has 6 nitrogen and oxygen atoms in total. The van der Waals surface area contributed by atoms with Gasteiger partial charge in [-0.2, -0.15) is 13.2 Å². The molecule has 2 amide bonds. The number of ether oxygens (including phenoxy) is 1. The van der Waals surface area contributed by atoms with Crippen molar-refractivity contribution in [3.05, 3.63) is 23.9 Å². The van der Waals surface area contributed by atoms with Gasteiger partial charge in [0.1, 0.15) is 11.4 Å². The third-order valence-electron chi connectivity index (χ3n) is 2.16. The normalized spacial score (nSPS) is 11.7. The van der Waals surface area contributed by atoms with Gasteiger partial charge in [-0.3, -0.25) is 10.1 Å². The van der Waals surface area contributed by atoms with Crippen molar-refractivity contribution in [2.75, 3.05) is 5.32 Å². The molecule has 1 aromatic heterocycles. The Morgan fingerprint density at radius 1 is 1.23 bits per heavy atom. The maximum atomic E-state index is 12.0. The molecule has 0 radical (unpaired) electrons. The zero-order chi connectivity index (χ0) is 17.0. The molecule has 1 heterocycles. The Bertz CT molecular complexity index is 536. The number of alkyl halides is 3. The second kappa shape index (κ2) is 6.63. The predicted octanol–water partition coefficient (Wildman–Crippen LogP) is 2.61. The maximum absolute atomic E-state index is 12.0. The Labute approximate surface area is 125 Å². The van der Waals surface area contributed by atoms with Crippen LogP contribution in [0.5, 0.6) is 0 Å². The lowest BCUT2D eigenvalue weighted by Crippen LogP contribution is -2.36. The van der Waals surface area contributed by atoms with Crippen LogP contribution in [0.1, 0.15) is 26.3 Å². The molecular weight excluding hydrogens is 303 g/mol. The molecule has 0 spiro atoms.